The number of rotatable bonds is 2. The van der Waals surface area contributed by atoms with Gasteiger partial charge in [-0.15, -0.1) is 0 Å². The average Bonchev–Trinajstić information content (AvgIpc) is 3.03. The predicted molar refractivity (Wildman–Crippen MR) is 60.2 cm³/mol. The number of hydrogen-bond donors (Lipinski definition) is 0. The summed E-state index contributed by atoms with van der Waals surface area (Å²) >= 11 is 0. The Labute approximate surface area is 92.3 Å². The van der Waals surface area contributed by atoms with E-state index in [2.05, 4.69) is 9.98 Å². The summed E-state index contributed by atoms with van der Waals surface area (Å²) in [6.07, 6.45) is 3.26. The molecule has 0 amide bonds. The molecular weight excluding hydrogens is 204 g/mol. The summed E-state index contributed by atoms with van der Waals surface area (Å²) in [5, 5.41) is 0. The van der Waals surface area contributed by atoms with Crippen LogP contribution in [-0.2, 0) is 0 Å². The van der Waals surface area contributed by atoms with Gasteiger partial charge in [0.15, 0.2) is 11.5 Å². The van der Waals surface area contributed by atoms with Crippen molar-refractivity contribution in [2.45, 2.75) is 0 Å². The maximum Gasteiger partial charge on any atom is 0.154 e. The highest BCUT2D eigenvalue weighted by Gasteiger charge is 2.20. The van der Waals surface area contributed by atoms with Crippen LogP contribution in [0.5, 0.6) is 0 Å². The second-order valence-corrected chi connectivity index (χ2v) is 3.42. The topological polar surface area (TPSA) is 51.0 Å². The normalized spacial score (nSPS) is 15.8. The fraction of sp³-hybridized carbons (Fsp3) is 0.167. The Bertz CT molecular complexity index is 471. The molecule has 16 heavy (non-hydrogen) atoms. The summed E-state index contributed by atoms with van der Waals surface area (Å²) in [6, 6.07) is 7.43. The highest BCUT2D eigenvalue weighted by molar-refractivity contribution is 6.52. The quantitative estimate of drug-likeness (QED) is 0.769. The molecule has 0 saturated carbocycles. The molecule has 4 nitrogen and oxygen atoms in total. The van der Waals surface area contributed by atoms with Crippen molar-refractivity contribution < 1.29 is 8.83 Å². The van der Waals surface area contributed by atoms with Crippen LogP contribution in [0.1, 0.15) is 11.5 Å². The smallest absolute Gasteiger partial charge is 0.154 e. The molecule has 2 aromatic rings. The molecule has 0 spiro atoms. The Hall–Kier alpha value is -2.10. The summed E-state index contributed by atoms with van der Waals surface area (Å²) in [5.74, 6) is 1.46. The van der Waals surface area contributed by atoms with E-state index in [-0.39, 0.29) is 0 Å². The molecule has 0 unspecified atom stereocenters. The maximum atomic E-state index is 5.35. The van der Waals surface area contributed by atoms with Gasteiger partial charge in [-0.05, 0) is 24.3 Å². The van der Waals surface area contributed by atoms with Crippen molar-refractivity contribution in [2.24, 2.45) is 9.98 Å². The Morgan fingerprint density at radius 1 is 0.812 bits per heavy atom. The molecule has 0 radical (unpaired) electrons. The lowest BCUT2D eigenvalue weighted by Gasteiger charge is -2.10. The zero-order chi connectivity index (χ0) is 10.8. The van der Waals surface area contributed by atoms with Crippen molar-refractivity contribution in [3.05, 3.63) is 48.3 Å². The standard InChI is InChI=1S/C12H10N2O2/c1-3-9(15-7-1)11-12(14-6-5-13-11)10-4-2-8-16-10/h1-4,7-8H,5-6H2. The van der Waals surface area contributed by atoms with Gasteiger partial charge in [0.2, 0.25) is 0 Å². The molecule has 0 bridgehead atoms. The van der Waals surface area contributed by atoms with E-state index in [0.29, 0.717) is 13.1 Å². The molecule has 1 aliphatic heterocycles. The van der Waals surface area contributed by atoms with E-state index in [1.807, 2.05) is 24.3 Å². The van der Waals surface area contributed by atoms with Crippen LogP contribution in [0.2, 0.25) is 0 Å². The van der Waals surface area contributed by atoms with E-state index >= 15 is 0 Å². The van der Waals surface area contributed by atoms with Crippen molar-refractivity contribution in [3.8, 4) is 0 Å². The Kier molecular flexibility index (Phi) is 2.18. The third kappa shape index (κ3) is 1.48. The van der Waals surface area contributed by atoms with Crippen LogP contribution < -0.4 is 0 Å². The van der Waals surface area contributed by atoms with Gasteiger partial charge in [-0.3, -0.25) is 9.98 Å². The van der Waals surface area contributed by atoms with E-state index in [4.69, 9.17) is 8.83 Å². The third-order valence-electron chi connectivity index (χ3n) is 2.37. The second-order valence-electron chi connectivity index (χ2n) is 3.42. The van der Waals surface area contributed by atoms with Gasteiger partial charge < -0.3 is 8.83 Å². The fourth-order valence-corrected chi connectivity index (χ4v) is 1.69. The van der Waals surface area contributed by atoms with E-state index in [0.717, 1.165) is 22.9 Å². The first kappa shape index (κ1) is 9.15. The van der Waals surface area contributed by atoms with Crippen LogP contribution in [0.3, 0.4) is 0 Å². The first-order valence-corrected chi connectivity index (χ1v) is 5.12. The van der Waals surface area contributed by atoms with E-state index in [1.165, 1.54) is 0 Å². The molecule has 0 aliphatic carbocycles. The predicted octanol–water partition coefficient (Wildman–Crippen LogP) is 2.16. The zero-order valence-corrected chi connectivity index (χ0v) is 8.59. The van der Waals surface area contributed by atoms with Gasteiger partial charge in [-0.25, -0.2) is 0 Å². The number of furan rings is 2. The van der Waals surface area contributed by atoms with Crippen LogP contribution in [-0.4, -0.2) is 24.5 Å². The van der Waals surface area contributed by atoms with Gasteiger partial charge in [0, 0.05) is 0 Å². The minimum Gasteiger partial charge on any atom is -0.463 e. The SMILES string of the molecule is c1coc(C2=NCCN=C2c2ccco2)c1. The van der Waals surface area contributed by atoms with Crippen molar-refractivity contribution >= 4 is 11.4 Å². The molecule has 0 saturated heterocycles. The monoisotopic (exact) mass is 214 g/mol. The van der Waals surface area contributed by atoms with E-state index in [1.54, 1.807) is 12.5 Å². The Balaban J connectivity index is 2.04. The molecule has 0 N–H and O–H groups in total. The zero-order valence-electron chi connectivity index (χ0n) is 8.59. The number of nitrogens with zero attached hydrogens (tertiary/aromatic N) is 2. The van der Waals surface area contributed by atoms with Gasteiger partial charge in [0.05, 0.1) is 25.6 Å². The molecule has 0 atom stereocenters. The fourth-order valence-electron chi connectivity index (χ4n) is 1.69. The van der Waals surface area contributed by atoms with Crippen molar-refractivity contribution in [3.63, 3.8) is 0 Å². The Morgan fingerprint density at radius 2 is 1.31 bits per heavy atom. The van der Waals surface area contributed by atoms with Gasteiger partial charge >= 0.3 is 0 Å². The average molecular weight is 214 g/mol. The van der Waals surface area contributed by atoms with Crippen molar-refractivity contribution in [2.75, 3.05) is 13.1 Å². The Morgan fingerprint density at radius 3 is 1.69 bits per heavy atom. The van der Waals surface area contributed by atoms with Gasteiger partial charge in [-0.1, -0.05) is 0 Å². The first-order chi connectivity index (χ1) is 7.95. The molecule has 3 rings (SSSR count). The molecule has 0 aromatic carbocycles. The third-order valence-corrected chi connectivity index (χ3v) is 2.37. The molecule has 2 aromatic heterocycles. The molecule has 0 fully saturated rings. The van der Waals surface area contributed by atoms with Gasteiger partial charge in [0.1, 0.15) is 11.4 Å². The van der Waals surface area contributed by atoms with Gasteiger partial charge in [0.25, 0.3) is 0 Å². The minimum absolute atomic E-state index is 0.695. The summed E-state index contributed by atoms with van der Waals surface area (Å²) in [5.41, 5.74) is 1.54. The summed E-state index contributed by atoms with van der Waals surface area (Å²) in [4.78, 5) is 8.88. The van der Waals surface area contributed by atoms with Crippen LogP contribution in [0.15, 0.2) is 55.6 Å². The lowest BCUT2D eigenvalue weighted by atomic mass is 10.1. The van der Waals surface area contributed by atoms with Crippen LogP contribution >= 0.6 is 0 Å². The first-order valence-electron chi connectivity index (χ1n) is 5.12. The number of aliphatic imine (C=N–C) groups is 2. The van der Waals surface area contributed by atoms with Crippen molar-refractivity contribution in [1.82, 2.24) is 0 Å². The molecule has 80 valence electrons. The molecule has 1 aliphatic rings. The minimum atomic E-state index is 0.695. The summed E-state index contributed by atoms with van der Waals surface area (Å²) < 4.78 is 10.7. The van der Waals surface area contributed by atoms with Crippen LogP contribution in [0.25, 0.3) is 0 Å². The van der Waals surface area contributed by atoms with E-state index < -0.39 is 0 Å². The number of hydrogen-bond acceptors (Lipinski definition) is 4. The maximum absolute atomic E-state index is 5.35. The molecule has 3 heterocycles. The second kappa shape index (κ2) is 3.81. The largest absolute Gasteiger partial charge is 0.463 e. The van der Waals surface area contributed by atoms with Gasteiger partial charge in [-0.2, -0.15) is 0 Å². The molecule has 4 heteroatoms. The molecular formula is C12H10N2O2. The summed E-state index contributed by atoms with van der Waals surface area (Å²) in [7, 11) is 0. The van der Waals surface area contributed by atoms with E-state index in [9.17, 15) is 0 Å². The lowest BCUT2D eigenvalue weighted by Crippen LogP contribution is -2.21. The van der Waals surface area contributed by atoms with Crippen LogP contribution in [0, 0.1) is 0 Å². The highest BCUT2D eigenvalue weighted by Crippen LogP contribution is 2.13. The summed E-state index contributed by atoms with van der Waals surface area (Å²) in [6.45, 7) is 1.39. The highest BCUT2D eigenvalue weighted by atomic mass is 16.3. The van der Waals surface area contributed by atoms with Crippen molar-refractivity contribution in [1.29, 1.82) is 0 Å². The lowest BCUT2D eigenvalue weighted by molar-refractivity contribution is 0.552. The van der Waals surface area contributed by atoms with Crippen LogP contribution in [0.4, 0.5) is 0 Å².